The molecule has 1 fully saturated rings. The lowest BCUT2D eigenvalue weighted by Crippen LogP contribution is -2.38. The van der Waals surface area contributed by atoms with E-state index < -0.39 is 35.6 Å². The number of aliphatic hydroxyl groups is 1. The minimum Gasteiger partial charge on any atom is -0.497 e. The third kappa shape index (κ3) is 7.02. The number of aromatic nitrogens is 2. The highest BCUT2D eigenvalue weighted by Gasteiger charge is 2.42. The van der Waals surface area contributed by atoms with Crippen molar-refractivity contribution < 1.29 is 28.8 Å². The second-order valence-corrected chi connectivity index (χ2v) is 11.6. The van der Waals surface area contributed by atoms with Gasteiger partial charge >= 0.3 is 5.69 Å². The van der Waals surface area contributed by atoms with Gasteiger partial charge < -0.3 is 29.4 Å². The summed E-state index contributed by atoms with van der Waals surface area (Å²) in [6.45, 7) is 1.62. The molecule has 1 saturated heterocycles. The number of aliphatic hydroxyl groups excluding tert-OH is 1. The Morgan fingerprint density at radius 1 is 0.900 bits per heavy atom. The van der Waals surface area contributed by atoms with E-state index in [0.717, 1.165) is 16.7 Å². The SMILES string of the molecule is CC#Cc1cn([C@H]2CC(O)[C@@H](COC(c3ccccc3)(c3ccc(OC)cc3)c3ccc(OC)cc3)O2)c(=O)nc1NC(=O)c1ccccc1. The van der Waals surface area contributed by atoms with Gasteiger partial charge in [-0.3, -0.25) is 9.36 Å². The molecule has 1 amide bonds. The van der Waals surface area contributed by atoms with Crippen molar-refractivity contribution in [3.05, 3.63) is 154 Å². The van der Waals surface area contributed by atoms with E-state index in [1.807, 2.05) is 78.9 Å². The molecule has 1 aromatic heterocycles. The molecule has 1 aliphatic rings. The Hall–Kier alpha value is -5.73. The summed E-state index contributed by atoms with van der Waals surface area (Å²) >= 11 is 0. The Bertz CT molecular complexity index is 1990. The predicted molar refractivity (Wildman–Crippen MR) is 188 cm³/mol. The summed E-state index contributed by atoms with van der Waals surface area (Å²) in [6.07, 6.45) is -1.03. The van der Waals surface area contributed by atoms with Gasteiger partial charge in [-0.2, -0.15) is 4.98 Å². The van der Waals surface area contributed by atoms with E-state index in [4.69, 9.17) is 18.9 Å². The van der Waals surface area contributed by atoms with Crippen molar-refractivity contribution in [2.75, 3.05) is 26.1 Å². The zero-order valence-electron chi connectivity index (χ0n) is 27.9. The van der Waals surface area contributed by atoms with Gasteiger partial charge in [-0.25, -0.2) is 4.79 Å². The molecule has 0 aliphatic carbocycles. The van der Waals surface area contributed by atoms with Crippen LogP contribution in [0.3, 0.4) is 0 Å². The van der Waals surface area contributed by atoms with Crippen LogP contribution in [0.5, 0.6) is 11.5 Å². The molecule has 2 N–H and O–H groups in total. The molecule has 50 heavy (non-hydrogen) atoms. The van der Waals surface area contributed by atoms with Crippen LogP contribution in [0.2, 0.25) is 0 Å². The fourth-order valence-electron chi connectivity index (χ4n) is 6.08. The number of hydrogen-bond acceptors (Lipinski definition) is 8. The first-order valence-corrected chi connectivity index (χ1v) is 16.1. The number of nitrogens with zero attached hydrogens (tertiary/aromatic N) is 2. The van der Waals surface area contributed by atoms with Crippen molar-refractivity contribution in [2.45, 2.75) is 37.4 Å². The highest BCUT2D eigenvalue weighted by molar-refractivity contribution is 6.04. The second-order valence-electron chi connectivity index (χ2n) is 11.6. The number of nitrogens with one attached hydrogen (secondary N) is 1. The molecular weight excluding hydrogens is 634 g/mol. The van der Waals surface area contributed by atoms with Gasteiger partial charge in [0, 0.05) is 18.2 Å². The third-order valence-corrected chi connectivity index (χ3v) is 8.63. The topological polar surface area (TPSA) is 121 Å². The number of methoxy groups -OCH3 is 2. The normalized spacial score (nSPS) is 17.0. The first-order chi connectivity index (χ1) is 24.4. The van der Waals surface area contributed by atoms with Crippen LogP contribution in [0.1, 0.15) is 52.2 Å². The van der Waals surface area contributed by atoms with Crippen LogP contribution in [0.25, 0.3) is 0 Å². The highest BCUT2D eigenvalue weighted by atomic mass is 16.6. The molecule has 0 spiro atoms. The summed E-state index contributed by atoms with van der Waals surface area (Å²) in [4.78, 5) is 30.3. The number of ether oxygens (including phenoxy) is 4. The van der Waals surface area contributed by atoms with E-state index >= 15 is 0 Å². The molecule has 0 radical (unpaired) electrons. The molecule has 10 heteroatoms. The average molecular weight is 672 g/mol. The molecule has 10 nitrogen and oxygen atoms in total. The lowest BCUT2D eigenvalue weighted by Gasteiger charge is -2.37. The number of carbonyl (C=O) groups is 1. The van der Waals surface area contributed by atoms with Gasteiger partial charge in [0.05, 0.1) is 32.5 Å². The zero-order valence-corrected chi connectivity index (χ0v) is 27.9. The summed E-state index contributed by atoms with van der Waals surface area (Å²) in [5, 5.41) is 14.0. The smallest absolute Gasteiger partial charge is 0.351 e. The van der Waals surface area contributed by atoms with Crippen molar-refractivity contribution in [1.82, 2.24) is 9.55 Å². The van der Waals surface area contributed by atoms with Crippen molar-refractivity contribution in [3.63, 3.8) is 0 Å². The summed E-state index contributed by atoms with van der Waals surface area (Å²) in [5.41, 5.74) is 1.47. The largest absolute Gasteiger partial charge is 0.497 e. The fourth-order valence-corrected chi connectivity index (χ4v) is 6.08. The van der Waals surface area contributed by atoms with Crippen LogP contribution in [0.4, 0.5) is 5.82 Å². The number of amides is 1. The van der Waals surface area contributed by atoms with E-state index in [-0.39, 0.29) is 18.8 Å². The predicted octanol–water partition coefficient (Wildman–Crippen LogP) is 5.54. The average Bonchev–Trinajstić information content (AvgIpc) is 3.53. The van der Waals surface area contributed by atoms with Crippen molar-refractivity contribution >= 4 is 11.7 Å². The summed E-state index contributed by atoms with van der Waals surface area (Å²) in [6, 6.07) is 33.7. The van der Waals surface area contributed by atoms with Gasteiger partial charge in [-0.1, -0.05) is 78.7 Å². The van der Waals surface area contributed by atoms with Gasteiger partial charge in [0.2, 0.25) is 0 Å². The van der Waals surface area contributed by atoms with Crippen molar-refractivity contribution in [3.8, 4) is 23.3 Å². The number of hydrogen-bond donors (Lipinski definition) is 2. The maximum absolute atomic E-state index is 13.3. The first kappa shape index (κ1) is 34.1. The quantitative estimate of drug-likeness (QED) is 0.139. The minimum absolute atomic E-state index is 0.0281. The highest BCUT2D eigenvalue weighted by Crippen LogP contribution is 2.42. The van der Waals surface area contributed by atoms with Gasteiger partial charge in [-0.05, 0) is 60.0 Å². The molecule has 2 heterocycles. The minimum atomic E-state index is -1.12. The van der Waals surface area contributed by atoms with Crippen LogP contribution in [0.15, 0.2) is 120 Å². The van der Waals surface area contributed by atoms with Gasteiger partial charge in [0.25, 0.3) is 5.91 Å². The molecule has 1 aliphatic heterocycles. The maximum Gasteiger partial charge on any atom is 0.351 e. The van der Waals surface area contributed by atoms with E-state index in [1.165, 1.54) is 10.8 Å². The standard InChI is InChI=1S/C40H37N3O7/c1-4-11-28-25-43(39(46)42-37(28)41-38(45)27-12-7-5-8-13-27)36-24-34(44)35(50-36)26-49-40(29-14-9-6-10-15-29,30-16-20-32(47-2)21-17-30)31-18-22-33(48-3)23-19-31/h5-10,12-23,25,34-36,44H,24,26H2,1-3H3,(H,41,42,45,46)/t34?,35-,36-/m1/s1. The molecule has 0 bridgehead atoms. The van der Waals surface area contributed by atoms with Crippen molar-refractivity contribution in [1.29, 1.82) is 0 Å². The summed E-state index contributed by atoms with van der Waals surface area (Å²) in [5.74, 6) is 6.73. The van der Waals surface area contributed by atoms with E-state index in [2.05, 4.69) is 22.1 Å². The van der Waals surface area contributed by atoms with E-state index in [9.17, 15) is 14.7 Å². The number of carbonyl (C=O) groups excluding carboxylic acids is 1. The van der Waals surface area contributed by atoms with Crippen LogP contribution in [-0.4, -0.2) is 53.6 Å². The number of benzene rings is 4. The molecular formula is C40H37N3O7. The van der Waals surface area contributed by atoms with Crippen LogP contribution in [-0.2, 0) is 15.1 Å². The Balaban J connectivity index is 1.31. The van der Waals surface area contributed by atoms with Crippen LogP contribution < -0.4 is 20.5 Å². The van der Waals surface area contributed by atoms with Crippen LogP contribution >= 0.6 is 0 Å². The van der Waals surface area contributed by atoms with Gasteiger partial charge in [0.1, 0.15) is 29.4 Å². The lowest BCUT2D eigenvalue weighted by atomic mass is 9.80. The van der Waals surface area contributed by atoms with Gasteiger partial charge in [0.15, 0.2) is 5.82 Å². The van der Waals surface area contributed by atoms with Crippen molar-refractivity contribution in [2.24, 2.45) is 0 Å². The van der Waals surface area contributed by atoms with E-state index in [0.29, 0.717) is 22.6 Å². The molecule has 5 aromatic rings. The maximum atomic E-state index is 13.3. The fraction of sp³-hybridized carbons (Fsp3) is 0.225. The van der Waals surface area contributed by atoms with E-state index in [1.54, 1.807) is 51.5 Å². The summed E-state index contributed by atoms with van der Waals surface area (Å²) < 4.78 is 25.4. The van der Waals surface area contributed by atoms with Crippen LogP contribution in [0, 0.1) is 11.8 Å². The number of anilines is 1. The molecule has 3 atom stereocenters. The molecule has 1 unspecified atom stereocenters. The summed E-state index contributed by atoms with van der Waals surface area (Å²) in [7, 11) is 3.23. The Kier molecular flexibility index (Phi) is 10.4. The monoisotopic (exact) mass is 671 g/mol. The number of rotatable bonds is 11. The molecule has 0 saturated carbocycles. The lowest BCUT2D eigenvalue weighted by molar-refractivity contribution is -0.0944. The molecule has 6 rings (SSSR count). The Morgan fingerprint density at radius 3 is 2.02 bits per heavy atom. The Labute approximate surface area is 290 Å². The third-order valence-electron chi connectivity index (χ3n) is 8.63. The Morgan fingerprint density at radius 2 is 1.46 bits per heavy atom. The molecule has 4 aromatic carbocycles. The first-order valence-electron chi connectivity index (χ1n) is 16.1. The van der Waals surface area contributed by atoms with Gasteiger partial charge in [-0.15, -0.1) is 5.92 Å². The zero-order chi connectivity index (χ0) is 35.1. The molecule has 254 valence electrons. The second kappa shape index (κ2) is 15.2.